The Morgan fingerprint density at radius 2 is 1.90 bits per heavy atom. The zero-order valence-corrected chi connectivity index (χ0v) is 11.6. The molecule has 0 unspecified atom stereocenters. The smallest absolute Gasteiger partial charge is 0.272 e. The van der Waals surface area contributed by atoms with E-state index in [1.165, 1.54) is 18.3 Å². The second-order valence-corrected chi connectivity index (χ2v) is 4.65. The molecule has 20 heavy (non-hydrogen) atoms. The number of ether oxygens (including phenoxy) is 1. The number of halogens is 2. The van der Waals surface area contributed by atoms with Gasteiger partial charge in [0, 0.05) is 24.9 Å². The van der Waals surface area contributed by atoms with Crippen LogP contribution >= 0.6 is 23.2 Å². The van der Waals surface area contributed by atoms with Crippen molar-refractivity contribution in [3.05, 3.63) is 56.3 Å². The van der Waals surface area contributed by atoms with Gasteiger partial charge in [0.2, 0.25) is 0 Å². The monoisotopic (exact) mass is 313 g/mol. The van der Waals surface area contributed by atoms with Crippen LogP contribution in [0.1, 0.15) is 5.56 Å². The fourth-order valence-electron chi connectivity index (χ4n) is 1.50. The molecule has 104 valence electrons. The van der Waals surface area contributed by atoms with Gasteiger partial charge in [0.15, 0.2) is 5.75 Å². The first-order valence-electron chi connectivity index (χ1n) is 5.46. The Bertz CT molecular complexity index is 641. The molecule has 0 bridgehead atoms. The summed E-state index contributed by atoms with van der Waals surface area (Å²) in [5.74, 6) is 0.528. The first kappa shape index (κ1) is 14.5. The van der Waals surface area contributed by atoms with Crippen molar-refractivity contribution in [3.8, 4) is 11.5 Å². The molecule has 0 aliphatic carbocycles. The van der Waals surface area contributed by atoms with E-state index in [9.17, 15) is 10.1 Å². The molecule has 0 aliphatic heterocycles. The lowest BCUT2D eigenvalue weighted by Gasteiger charge is -2.09. The highest BCUT2D eigenvalue weighted by Gasteiger charge is 2.16. The highest BCUT2D eigenvalue weighted by Crippen LogP contribution is 2.39. The van der Waals surface area contributed by atoms with E-state index in [4.69, 9.17) is 33.7 Å². The van der Waals surface area contributed by atoms with Crippen molar-refractivity contribution in [3.63, 3.8) is 0 Å². The largest absolute Gasteiger partial charge is 0.453 e. The number of hydrogen-bond acceptors (Lipinski definition) is 5. The molecule has 2 aromatic rings. The molecule has 8 heteroatoms. The molecular formula is C12H9Cl2N3O3. The summed E-state index contributed by atoms with van der Waals surface area (Å²) in [7, 11) is 0. The van der Waals surface area contributed by atoms with Gasteiger partial charge in [0.1, 0.15) is 5.75 Å². The van der Waals surface area contributed by atoms with Gasteiger partial charge in [-0.15, -0.1) is 0 Å². The molecule has 2 rings (SSSR count). The summed E-state index contributed by atoms with van der Waals surface area (Å²) in [6.07, 6.45) is 3.07. The van der Waals surface area contributed by atoms with Crippen molar-refractivity contribution < 1.29 is 9.66 Å². The van der Waals surface area contributed by atoms with Crippen LogP contribution in [0, 0.1) is 10.1 Å². The van der Waals surface area contributed by atoms with Gasteiger partial charge >= 0.3 is 0 Å². The molecule has 1 aromatic carbocycles. The van der Waals surface area contributed by atoms with Crippen LogP contribution in [0.5, 0.6) is 11.5 Å². The Kier molecular flexibility index (Phi) is 4.39. The third kappa shape index (κ3) is 3.16. The number of nitro groups is 1. The summed E-state index contributed by atoms with van der Waals surface area (Å²) < 4.78 is 5.51. The molecule has 0 saturated carbocycles. The summed E-state index contributed by atoms with van der Waals surface area (Å²) in [4.78, 5) is 14.1. The van der Waals surface area contributed by atoms with Gasteiger partial charge in [-0.25, -0.2) is 0 Å². The van der Waals surface area contributed by atoms with Crippen molar-refractivity contribution in [1.82, 2.24) is 4.98 Å². The summed E-state index contributed by atoms with van der Waals surface area (Å²) >= 11 is 11.9. The molecule has 0 radical (unpaired) electrons. The molecule has 0 atom stereocenters. The topological polar surface area (TPSA) is 91.3 Å². The SMILES string of the molecule is NCc1cncc(Oc2c(Cl)cc([N+](=O)[O-])cc2Cl)c1. The Balaban J connectivity index is 2.36. The van der Waals surface area contributed by atoms with Crippen LogP contribution in [0.25, 0.3) is 0 Å². The number of benzene rings is 1. The molecular weight excluding hydrogens is 305 g/mol. The zero-order chi connectivity index (χ0) is 14.7. The van der Waals surface area contributed by atoms with E-state index in [0.29, 0.717) is 12.3 Å². The number of nitrogens with two attached hydrogens (primary N) is 1. The van der Waals surface area contributed by atoms with Gasteiger partial charge in [-0.05, 0) is 11.6 Å². The number of hydrogen-bond donors (Lipinski definition) is 1. The van der Waals surface area contributed by atoms with Gasteiger partial charge in [-0.2, -0.15) is 0 Å². The number of pyridine rings is 1. The minimum absolute atomic E-state index is 0.0438. The molecule has 0 spiro atoms. The van der Waals surface area contributed by atoms with Crippen molar-refractivity contribution in [2.45, 2.75) is 6.54 Å². The minimum atomic E-state index is -0.585. The number of nitrogens with zero attached hydrogens (tertiary/aromatic N) is 2. The molecule has 6 nitrogen and oxygen atoms in total. The summed E-state index contributed by atoms with van der Waals surface area (Å²) in [6.45, 7) is 0.311. The van der Waals surface area contributed by atoms with Crippen LogP contribution in [0.15, 0.2) is 30.6 Å². The first-order chi connectivity index (χ1) is 9.51. The van der Waals surface area contributed by atoms with Crippen LogP contribution in [0.3, 0.4) is 0 Å². The maximum atomic E-state index is 10.7. The maximum Gasteiger partial charge on any atom is 0.272 e. The molecule has 2 N–H and O–H groups in total. The highest BCUT2D eigenvalue weighted by molar-refractivity contribution is 6.37. The average molecular weight is 314 g/mol. The lowest BCUT2D eigenvalue weighted by Crippen LogP contribution is -1.98. The van der Waals surface area contributed by atoms with Gasteiger partial charge in [-0.3, -0.25) is 15.1 Å². The van der Waals surface area contributed by atoms with E-state index in [-0.39, 0.29) is 21.5 Å². The molecule has 0 amide bonds. The molecule has 0 aliphatic rings. The predicted octanol–water partition coefficient (Wildman–Crippen LogP) is 3.55. The quantitative estimate of drug-likeness (QED) is 0.688. The summed E-state index contributed by atoms with van der Waals surface area (Å²) in [5.41, 5.74) is 6.07. The number of aromatic nitrogens is 1. The van der Waals surface area contributed by atoms with Gasteiger partial charge in [0.25, 0.3) is 5.69 Å². The number of non-ortho nitro benzene ring substituents is 1. The summed E-state index contributed by atoms with van der Waals surface area (Å²) in [5, 5.41) is 10.8. The molecule has 1 heterocycles. The van der Waals surface area contributed by atoms with Gasteiger partial charge < -0.3 is 10.5 Å². The van der Waals surface area contributed by atoms with Crippen LogP contribution in [0.2, 0.25) is 10.0 Å². The predicted molar refractivity (Wildman–Crippen MR) is 75.3 cm³/mol. The standard InChI is InChI=1S/C12H9Cl2N3O3/c13-10-2-8(17(18)19)3-11(14)12(10)20-9-1-7(4-15)5-16-6-9/h1-3,5-6H,4,15H2. The lowest BCUT2D eigenvalue weighted by atomic mass is 10.2. The van der Waals surface area contributed by atoms with Gasteiger partial charge in [0.05, 0.1) is 21.2 Å². The molecule has 1 aromatic heterocycles. The van der Waals surface area contributed by atoms with Crippen molar-refractivity contribution in [2.75, 3.05) is 0 Å². The Morgan fingerprint density at radius 3 is 2.45 bits per heavy atom. The van der Waals surface area contributed by atoms with Gasteiger partial charge in [-0.1, -0.05) is 23.2 Å². The number of rotatable bonds is 4. The van der Waals surface area contributed by atoms with E-state index < -0.39 is 4.92 Å². The van der Waals surface area contributed by atoms with E-state index in [0.717, 1.165) is 5.56 Å². The lowest BCUT2D eigenvalue weighted by molar-refractivity contribution is -0.384. The Hall–Kier alpha value is -1.89. The Labute approximate surface area is 124 Å². The van der Waals surface area contributed by atoms with Crippen molar-refractivity contribution in [1.29, 1.82) is 0 Å². The van der Waals surface area contributed by atoms with E-state index in [1.807, 2.05) is 0 Å². The fraction of sp³-hybridized carbons (Fsp3) is 0.0833. The second kappa shape index (κ2) is 6.04. The van der Waals surface area contributed by atoms with Crippen LogP contribution < -0.4 is 10.5 Å². The number of nitro benzene ring substituents is 1. The third-order valence-electron chi connectivity index (χ3n) is 2.42. The van der Waals surface area contributed by atoms with Crippen molar-refractivity contribution in [2.24, 2.45) is 5.73 Å². The maximum absolute atomic E-state index is 10.7. The highest BCUT2D eigenvalue weighted by atomic mass is 35.5. The van der Waals surface area contributed by atoms with E-state index in [1.54, 1.807) is 12.3 Å². The van der Waals surface area contributed by atoms with E-state index >= 15 is 0 Å². The van der Waals surface area contributed by atoms with Crippen LogP contribution in [0.4, 0.5) is 5.69 Å². The van der Waals surface area contributed by atoms with Crippen molar-refractivity contribution >= 4 is 28.9 Å². The third-order valence-corrected chi connectivity index (χ3v) is 2.98. The molecule has 0 saturated heterocycles. The summed E-state index contributed by atoms with van der Waals surface area (Å²) in [6, 6.07) is 4.02. The fourth-order valence-corrected chi connectivity index (χ4v) is 2.05. The normalized spacial score (nSPS) is 10.3. The van der Waals surface area contributed by atoms with Crippen LogP contribution in [-0.4, -0.2) is 9.91 Å². The second-order valence-electron chi connectivity index (χ2n) is 3.83. The first-order valence-corrected chi connectivity index (χ1v) is 6.22. The zero-order valence-electron chi connectivity index (χ0n) is 10.0. The van der Waals surface area contributed by atoms with E-state index in [2.05, 4.69) is 4.98 Å². The van der Waals surface area contributed by atoms with Crippen LogP contribution in [-0.2, 0) is 6.54 Å². The Morgan fingerprint density at radius 1 is 1.25 bits per heavy atom. The average Bonchev–Trinajstić information content (AvgIpc) is 2.42. The molecule has 0 fully saturated rings. The minimum Gasteiger partial charge on any atom is -0.453 e.